The van der Waals surface area contributed by atoms with Crippen LogP contribution in [0.4, 0.5) is 5.69 Å². The average Bonchev–Trinajstić information content (AvgIpc) is 3.31. The number of carbonyl (C=O) groups excluding carboxylic acids is 1. The van der Waals surface area contributed by atoms with Crippen molar-refractivity contribution in [2.24, 2.45) is 5.92 Å². The maximum atomic E-state index is 12.4. The van der Waals surface area contributed by atoms with Gasteiger partial charge in [-0.05, 0) is 49.9 Å². The number of aromatic nitrogens is 2. The highest BCUT2D eigenvalue weighted by Gasteiger charge is 2.23. The zero-order chi connectivity index (χ0) is 22.3. The van der Waals surface area contributed by atoms with Crippen molar-refractivity contribution in [1.82, 2.24) is 20.4 Å². The molecule has 1 aromatic heterocycles. The van der Waals surface area contributed by atoms with E-state index in [0.29, 0.717) is 12.5 Å². The van der Waals surface area contributed by atoms with Crippen LogP contribution in [-0.2, 0) is 6.54 Å². The number of nitrogens with zero attached hydrogens (tertiary/aromatic N) is 4. The predicted molar refractivity (Wildman–Crippen MR) is 118 cm³/mol. The summed E-state index contributed by atoms with van der Waals surface area (Å²) in [7, 11) is 0. The molecule has 4 rings (SSSR count). The van der Waals surface area contributed by atoms with Gasteiger partial charge in [-0.3, -0.25) is 19.8 Å². The largest absolute Gasteiger partial charge is 0.349 e. The Morgan fingerprint density at radius 1 is 1.12 bits per heavy atom. The van der Waals surface area contributed by atoms with Gasteiger partial charge in [-0.1, -0.05) is 47.6 Å². The lowest BCUT2D eigenvalue weighted by Gasteiger charge is -2.32. The zero-order valence-electron chi connectivity index (χ0n) is 17.6. The standard InChI is InChI=1S/C23H25N5O4/c29-22(21-25-23(32-26-21)19-8-4-5-9-20(19)28(30)31)24-13-10-17-11-14-27(15-12-17)16-18-6-2-1-3-7-18/h1-9,17H,10-16H2,(H,24,29). The number of hydrogen-bond donors (Lipinski definition) is 1. The molecule has 0 saturated carbocycles. The van der Waals surface area contributed by atoms with Crippen LogP contribution in [0.3, 0.4) is 0 Å². The Hall–Kier alpha value is -3.59. The third-order valence-corrected chi connectivity index (χ3v) is 5.75. The van der Waals surface area contributed by atoms with Crippen molar-refractivity contribution in [2.45, 2.75) is 25.8 Å². The molecule has 9 heteroatoms. The molecule has 0 radical (unpaired) electrons. The number of para-hydroxylation sites is 1. The Morgan fingerprint density at radius 3 is 2.59 bits per heavy atom. The molecule has 1 amide bonds. The number of rotatable bonds is 8. The van der Waals surface area contributed by atoms with Crippen LogP contribution >= 0.6 is 0 Å². The molecule has 2 heterocycles. The molecule has 1 aliphatic rings. The number of nitrogens with one attached hydrogen (secondary N) is 1. The second-order valence-electron chi connectivity index (χ2n) is 7.95. The lowest BCUT2D eigenvalue weighted by Crippen LogP contribution is -2.35. The lowest BCUT2D eigenvalue weighted by molar-refractivity contribution is -0.384. The van der Waals surface area contributed by atoms with Crippen molar-refractivity contribution in [3.63, 3.8) is 0 Å². The number of amides is 1. The SMILES string of the molecule is O=C(NCCC1CCN(Cc2ccccc2)CC1)c1noc(-c2ccccc2[N+](=O)[O-])n1. The molecule has 0 bridgehead atoms. The Morgan fingerprint density at radius 2 is 1.84 bits per heavy atom. The van der Waals surface area contributed by atoms with Crippen LogP contribution < -0.4 is 5.32 Å². The molecule has 0 unspecified atom stereocenters. The van der Waals surface area contributed by atoms with Gasteiger partial charge in [0.05, 0.1) is 4.92 Å². The lowest BCUT2D eigenvalue weighted by atomic mass is 9.93. The van der Waals surface area contributed by atoms with Gasteiger partial charge >= 0.3 is 0 Å². The second-order valence-corrected chi connectivity index (χ2v) is 7.95. The number of carbonyl (C=O) groups is 1. The highest BCUT2D eigenvalue weighted by atomic mass is 16.6. The van der Waals surface area contributed by atoms with Gasteiger partial charge in [0, 0.05) is 19.2 Å². The fourth-order valence-electron chi connectivity index (χ4n) is 3.98. The minimum atomic E-state index is -0.523. The first-order valence-corrected chi connectivity index (χ1v) is 10.7. The van der Waals surface area contributed by atoms with Crippen molar-refractivity contribution >= 4 is 11.6 Å². The van der Waals surface area contributed by atoms with E-state index in [0.717, 1.165) is 38.9 Å². The summed E-state index contributed by atoms with van der Waals surface area (Å²) >= 11 is 0. The van der Waals surface area contributed by atoms with Crippen LogP contribution in [0, 0.1) is 16.0 Å². The van der Waals surface area contributed by atoms with E-state index in [1.807, 2.05) is 6.07 Å². The average molecular weight is 435 g/mol. The fourth-order valence-corrected chi connectivity index (χ4v) is 3.98. The molecule has 9 nitrogen and oxygen atoms in total. The molecule has 1 saturated heterocycles. The predicted octanol–water partition coefficient (Wildman–Crippen LogP) is 3.68. The van der Waals surface area contributed by atoms with Crippen LogP contribution in [0.2, 0.25) is 0 Å². The van der Waals surface area contributed by atoms with Crippen molar-refractivity contribution in [1.29, 1.82) is 0 Å². The monoisotopic (exact) mass is 435 g/mol. The normalized spacial score (nSPS) is 14.9. The van der Waals surface area contributed by atoms with Crippen LogP contribution in [0.15, 0.2) is 59.1 Å². The van der Waals surface area contributed by atoms with Crippen LogP contribution in [-0.4, -0.2) is 45.5 Å². The zero-order valence-corrected chi connectivity index (χ0v) is 17.6. The number of nitro benzene ring substituents is 1. The molecular formula is C23H25N5O4. The minimum Gasteiger partial charge on any atom is -0.349 e. The van der Waals surface area contributed by atoms with E-state index in [1.54, 1.807) is 12.1 Å². The van der Waals surface area contributed by atoms with Crippen LogP contribution in [0.5, 0.6) is 0 Å². The minimum absolute atomic E-state index is 0.0479. The molecule has 0 spiro atoms. The molecule has 0 aliphatic carbocycles. The molecule has 1 aliphatic heterocycles. The summed E-state index contributed by atoms with van der Waals surface area (Å²) in [6, 6.07) is 16.5. The van der Waals surface area contributed by atoms with Crippen LogP contribution in [0.1, 0.15) is 35.4 Å². The number of hydrogen-bond acceptors (Lipinski definition) is 7. The van der Waals surface area contributed by atoms with Crippen molar-refractivity contribution in [2.75, 3.05) is 19.6 Å². The van der Waals surface area contributed by atoms with Gasteiger partial charge in [0.2, 0.25) is 0 Å². The number of benzene rings is 2. The Balaban J connectivity index is 1.23. The smallest absolute Gasteiger partial charge is 0.292 e. The van der Waals surface area contributed by atoms with Crippen molar-refractivity contribution in [3.8, 4) is 11.5 Å². The summed E-state index contributed by atoms with van der Waals surface area (Å²) in [5.41, 5.74) is 1.37. The topological polar surface area (TPSA) is 114 Å². The maximum absolute atomic E-state index is 12.4. The van der Waals surface area contributed by atoms with Gasteiger partial charge in [0.15, 0.2) is 0 Å². The first-order chi connectivity index (χ1) is 15.6. The van der Waals surface area contributed by atoms with Crippen molar-refractivity contribution in [3.05, 3.63) is 76.1 Å². The highest BCUT2D eigenvalue weighted by molar-refractivity contribution is 5.90. The summed E-state index contributed by atoms with van der Waals surface area (Å²) in [6.07, 6.45) is 3.10. The molecule has 3 aromatic rings. The van der Waals surface area contributed by atoms with E-state index in [1.165, 1.54) is 17.7 Å². The molecule has 1 N–H and O–H groups in total. The number of nitro groups is 1. The molecule has 2 aromatic carbocycles. The summed E-state index contributed by atoms with van der Waals surface area (Å²) in [5.74, 6) is -0.0562. The van der Waals surface area contributed by atoms with Gasteiger partial charge < -0.3 is 9.84 Å². The first-order valence-electron chi connectivity index (χ1n) is 10.7. The molecule has 0 atom stereocenters. The van der Waals surface area contributed by atoms with Gasteiger partial charge in [-0.25, -0.2) is 0 Å². The summed E-state index contributed by atoms with van der Waals surface area (Å²) in [6.45, 7) is 3.61. The van der Waals surface area contributed by atoms with E-state index in [9.17, 15) is 14.9 Å². The Bertz CT molecular complexity index is 1060. The van der Waals surface area contributed by atoms with E-state index >= 15 is 0 Å². The quantitative estimate of drug-likeness (QED) is 0.424. The Kier molecular flexibility index (Phi) is 6.86. The third-order valence-electron chi connectivity index (χ3n) is 5.75. The summed E-state index contributed by atoms with van der Waals surface area (Å²) < 4.78 is 5.09. The van der Waals surface area contributed by atoms with Gasteiger partial charge in [-0.15, -0.1) is 0 Å². The van der Waals surface area contributed by atoms with Crippen molar-refractivity contribution < 1.29 is 14.2 Å². The van der Waals surface area contributed by atoms with Gasteiger partial charge in [0.25, 0.3) is 23.3 Å². The van der Waals surface area contributed by atoms with E-state index in [2.05, 4.69) is 44.6 Å². The number of likely N-dealkylation sites (tertiary alicyclic amines) is 1. The molecule has 1 fully saturated rings. The maximum Gasteiger partial charge on any atom is 0.292 e. The second kappa shape index (κ2) is 10.1. The molecule has 166 valence electrons. The summed E-state index contributed by atoms with van der Waals surface area (Å²) in [4.78, 5) is 29.5. The number of piperidine rings is 1. The fraction of sp³-hybridized carbons (Fsp3) is 0.348. The molecule has 32 heavy (non-hydrogen) atoms. The van der Waals surface area contributed by atoms with Gasteiger partial charge in [-0.2, -0.15) is 4.98 Å². The van der Waals surface area contributed by atoms with Gasteiger partial charge in [0.1, 0.15) is 5.56 Å². The van der Waals surface area contributed by atoms with E-state index < -0.39 is 10.8 Å². The Labute approximate surface area is 185 Å². The third kappa shape index (κ3) is 5.36. The summed E-state index contributed by atoms with van der Waals surface area (Å²) in [5, 5.41) is 17.7. The highest BCUT2D eigenvalue weighted by Crippen LogP contribution is 2.28. The molecular weight excluding hydrogens is 410 g/mol. The van der Waals surface area contributed by atoms with E-state index in [-0.39, 0.29) is 23.0 Å². The van der Waals surface area contributed by atoms with Crippen LogP contribution in [0.25, 0.3) is 11.5 Å². The first kappa shape index (κ1) is 21.6. The van der Waals surface area contributed by atoms with E-state index in [4.69, 9.17) is 4.52 Å².